The molecule has 0 amide bonds. The molecule has 0 atom stereocenters. The third kappa shape index (κ3) is 2.86. The maximum Gasteiger partial charge on any atom is -0.00990 e. The van der Waals surface area contributed by atoms with Crippen LogP contribution >= 0.6 is 0 Å². The maximum atomic E-state index is 2.35. The second-order valence-electron chi connectivity index (χ2n) is 8.75. The van der Waals surface area contributed by atoms with Gasteiger partial charge in [0.05, 0.1) is 0 Å². The minimum atomic E-state index is 0.175. The fourth-order valence-electron chi connectivity index (χ4n) is 4.12. The van der Waals surface area contributed by atoms with Crippen molar-refractivity contribution in [1.82, 2.24) is 0 Å². The summed E-state index contributed by atoms with van der Waals surface area (Å²) in [6.45, 7) is 6.78. The first-order chi connectivity index (χ1) is 13.5. The Morgan fingerprint density at radius 2 is 1.07 bits per heavy atom. The molecular formula is C28H24. The first-order valence-corrected chi connectivity index (χ1v) is 9.95. The number of benzene rings is 5. The summed E-state index contributed by atoms with van der Waals surface area (Å²) in [5, 5.41) is 7.79. The van der Waals surface area contributed by atoms with Gasteiger partial charge in [0.15, 0.2) is 0 Å². The minimum Gasteiger partial charge on any atom is -0.0616 e. The molecule has 0 N–H and O–H groups in total. The normalized spacial score (nSPS) is 12.1. The zero-order valence-electron chi connectivity index (χ0n) is 16.7. The average Bonchev–Trinajstić information content (AvgIpc) is 2.69. The van der Waals surface area contributed by atoms with E-state index in [0.29, 0.717) is 0 Å². The highest BCUT2D eigenvalue weighted by molar-refractivity contribution is 6.08. The van der Waals surface area contributed by atoms with Gasteiger partial charge in [-0.05, 0) is 78.7 Å². The van der Waals surface area contributed by atoms with Gasteiger partial charge in [-0.2, -0.15) is 0 Å². The Morgan fingerprint density at radius 1 is 0.500 bits per heavy atom. The molecule has 0 aliphatic rings. The summed E-state index contributed by atoms with van der Waals surface area (Å²) in [4.78, 5) is 0. The summed E-state index contributed by atoms with van der Waals surface area (Å²) in [7, 11) is 0. The van der Waals surface area contributed by atoms with Crippen molar-refractivity contribution in [3.8, 4) is 11.1 Å². The number of fused-ring (bicyclic) bond motifs is 3. The molecule has 136 valence electrons. The highest BCUT2D eigenvalue weighted by atomic mass is 14.2. The topological polar surface area (TPSA) is 0 Å². The molecule has 0 heterocycles. The molecule has 0 nitrogen and oxygen atoms in total. The Balaban J connectivity index is 1.73. The van der Waals surface area contributed by atoms with Crippen LogP contribution in [0.25, 0.3) is 43.4 Å². The number of rotatable bonds is 1. The van der Waals surface area contributed by atoms with E-state index < -0.39 is 0 Å². The maximum absolute atomic E-state index is 2.35. The third-order valence-electron chi connectivity index (χ3n) is 5.76. The molecule has 5 rings (SSSR count). The predicted octanol–water partition coefficient (Wildman–Crippen LogP) is 8.11. The average molecular weight is 361 g/mol. The number of hydrogen-bond donors (Lipinski definition) is 0. The van der Waals surface area contributed by atoms with Gasteiger partial charge in [0.1, 0.15) is 0 Å². The fraction of sp³-hybridized carbons (Fsp3) is 0.143. The van der Waals surface area contributed by atoms with Gasteiger partial charge < -0.3 is 0 Å². The molecule has 0 saturated heterocycles. The first-order valence-electron chi connectivity index (χ1n) is 9.95. The van der Waals surface area contributed by atoms with Gasteiger partial charge in [-0.3, -0.25) is 0 Å². The second-order valence-corrected chi connectivity index (χ2v) is 8.75. The van der Waals surface area contributed by atoms with Crippen LogP contribution in [-0.4, -0.2) is 0 Å². The SMILES string of the molecule is CC(C)(C)c1ccc(-c2cccc3cc4cc5ccccc5cc4cc23)cc1. The Labute approximate surface area is 166 Å². The van der Waals surface area contributed by atoms with Crippen LogP contribution in [0.5, 0.6) is 0 Å². The van der Waals surface area contributed by atoms with Gasteiger partial charge in [0.2, 0.25) is 0 Å². The molecule has 0 fully saturated rings. The van der Waals surface area contributed by atoms with E-state index in [1.807, 2.05) is 0 Å². The molecule has 0 saturated carbocycles. The number of hydrogen-bond acceptors (Lipinski definition) is 0. The van der Waals surface area contributed by atoms with E-state index in [-0.39, 0.29) is 5.41 Å². The molecule has 0 unspecified atom stereocenters. The van der Waals surface area contributed by atoms with Crippen molar-refractivity contribution in [2.75, 3.05) is 0 Å². The first kappa shape index (κ1) is 17.0. The molecule has 0 aliphatic heterocycles. The Kier molecular flexibility index (Phi) is 3.77. The third-order valence-corrected chi connectivity index (χ3v) is 5.76. The summed E-state index contributed by atoms with van der Waals surface area (Å²) in [6, 6.07) is 33.6. The Morgan fingerprint density at radius 3 is 1.71 bits per heavy atom. The summed E-state index contributed by atoms with van der Waals surface area (Å²) >= 11 is 0. The zero-order chi connectivity index (χ0) is 19.3. The summed E-state index contributed by atoms with van der Waals surface area (Å²) in [5.41, 5.74) is 4.12. The van der Waals surface area contributed by atoms with Crippen LogP contribution in [0.3, 0.4) is 0 Å². The van der Waals surface area contributed by atoms with Crippen LogP contribution in [0.1, 0.15) is 26.3 Å². The van der Waals surface area contributed by atoms with E-state index in [2.05, 4.69) is 112 Å². The lowest BCUT2D eigenvalue weighted by atomic mass is 9.86. The molecule has 0 radical (unpaired) electrons. The van der Waals surface area contributed by atoms with E-state index >= 15 is 0 Å². The zero-order valence-corrected chi connectivity index (χ0v) is 16.7. The molecule has 0 bridgehead atoms. The van der Waals surface area contributed by atoms with Crippen LogP contribution in [0, 0.1) is 0 Å². The summed E-state index contributed by atoms with van der Waals surface area (Å²) in [5.74, 6) is 0. The van der Waals surface area contributed by atoms with E-state index in [9.17, 15) is 0 Å². The molecule has 0 aliphatic carbocycles. The molecule has 5 aromatic carbocycles. The fourth-order valence-corrected chi connectivity index (χ4v) is 4.12. The van der Waals surface area contributed by atoms with Crippen molar-refractivity contribution in [2.24, 2.45) is 0 Å². The minimum absolute atomic E-state index is 0.175. The second kappa shape index (κ2) is 6.21. The van der Waals surface area contributed by atoms with E-state index in [1.165, 1.54) is 49.0 Å². The van der Waals surface area contributed by atoms with E-state index in [1.54, 1.807) is 0 Å². The van der Waals surface area contributed by atoms with Crippen molar-refractivity contribution in [3.05, 3.63) is 96.6 Å². The highest BCUT2D eigenvalue weighted by Gasteiger charge is 2.13. The van der Waals surface area contributed by atoms with Gasteiger partial charge in [-0.25, -0.2) is 0 Å². The van der Waals surface area contributed by atoms with E-state index in [0.717, 1.165) is 0 Å². The molecule has 5 aromatic rings. The standard InChI is InChI=1S/C28H24/c1-28(2,3)25-13-11-19(12-14-25)26-10-6-9-22-17-23-15-20-7-4-5-8-21(20)16-24(23)18-27(22)26/h4-18H,1-3H3. The Hall–Kier alpha value is -3.12. The largest absolute Gasteiger partial charge is 0.0616 e. The van der Waals surface area contributed by atoms with Crippen LogP contribution in [0.15, 0.2) is 91.0 Å². The lowest BCUT2D eigenvalue weighted by Gasteiger charge is -2.19. The van der Waals surface area contributed by atoms with Crippen LogP contribution in [0.2, 0.25) is 0 Å². The molecule has 0 heteroatoms. The monoisotopic (exact) mass is 360 g/mol. The Bertz CT molecular complexity index is 1320. The van der Waals surface area contributed by atoms with Gasteiger partial charge in [0.25, 0.3) is 0 Å². The van der Waals surface area contributed by atoms with Gasteiger partial charge >= 0.3 is 0 Å². The van der Waals surface area contributed by atoms with Gasteiger partial charge in [0, 0.05) is 0 Å². The molecule has 28 heavy (non-hydrogen) atoms. The van der Waals surface area contributed by atoms with Gasteiger partial charge in [-0.15, -0.1) is 0 Å². The lowest BCUT2D eigenvalue weighted by Crippen LogP contribution is -2.10. The summed E-state index contributed by atoms with van der Waals surface area (Å²) < 4.78 is 0. The smallest absolute Gasteiger partial charge is 0.00990 e. The quantitative estimate of drug-likeness (QED) is 0.265. The van der Waals surface area contributed by atoms with Crippen molar-refractivity contribution < 1.29 is 0 Å². The molecular weight excluding hydrogens is 336 g/mol. The van der Waals surface area contributed by atoms with Crippen LogP contribution < -0.4 is 0 Å². The van der Waals surface area contributed by atoms with Crippen molar-refractivity contribution in [1.29, 1.82) is 0 Å². The van der Waals surface area contributed by atoms with Crippen molar-refractivity contribution in [2.45, 2.75) is 26.2 Å². The van der Waals surface area contributed by atoms with Crippen LogP contribution in [0.4, 0.5) is 0 Å². The lowest BCUT2D eigenvalue weighted by molar-refractivity contribution is 0.590. The predicted molar refractivity (Wildman–Crippen MR) is 123 cm³/mol. The molecule has 0 aromatic heterocycles. The van der Waals surface area contributed by atoms with E-state index in [4.69, 9.17) is 0 Å². The highest BCUT2D eigenvalue weighted by Crippen LogP contribution is 2.34. The van der Waals surface area contributed by atoms with Crippen LogP contribution in [-0.2, 0) is 5.41 Å². The molecule has 0 spiro atoms. The summed E-state index contributed by atoms with van der Waals surface area (Å²) in [6.07, 6.45) is 0. The van der Waals surface area contributed by atoms with Gasteiger partial charge in [-0.1, -0.05) is 87.5 Å². The van der Waals surface area contributed by atoms with Crippen molar-refractivity contribution >= 4 is 32.3 Å². The van der Waals surface area contributed by atoms with Crippen molar-refractivity contribution in [3.63, 3.8) is 0 Å².